The van der Waals surface area contributed by atoms with Crippen molar-refractivity contribution in [3.8, 4) is 0 Å². The second-order valence-corrected chi connectivity index (χ2v) is 5.25. The van der Waals surface area contributed by atoms with Gasteiger partial charge in [0.1, 0.15) is 5.76 Å². The number of ether oxygens (including phenoxy) is 1. The van der Waals surface area contributed by atoms with Crippen molar-refractivity contribution in [2.75, 3.05) is 6.61 Å². The van der Waals surface area contributed by atoms with Gasteiger partial charge in [0.2, 0.25) is 0 Å². The third-order valence-electron chi connectivity index (χ3n) is 3.43. The van der Waals surface area contributed by atoms with Crippen LogP contribution in [0, 0.1) is 6.92 Å². The molecule has 1 N–H and O–H groups in total. The summed E-state index contributed by atoms with van der Waals surface area (Å²) < 4.78 is 10.2. The molecule has 1 heterocycles. The van der Waals surface area contributed by atoms with E-state index in [1.165, 1.54) is 0 Å². The van der Waals surface area contributed by atoms with Crippen LogP contribution in [0.5, 0.6) is 0 Å². The summed E-state index contributed by atoms with van der Waals surface area (Å²) >= 11 is 0. The number of carbonyl (C=O) groups is 2. The molecule has 0 spiro atoms. The lowest BCUT2D eigenvalue weighted by atomic mass is 10.0. The molecule has 0 aliphatic rings. The lowest BCUT2D eigenvalue weighted by Crippen LogP contribution is -2.38. The maximum absolute atomic E-state index is 12.7. The van der Waals surface area contributed by atoms with Gasteiger partial charge in [0.15, 0.2) is 5.78 Å². The topological polar surface area (TPSA) is 68.5 Å². The second-order valence-electron chi connectivity index (χ2n) is 5.25. The van der Waals surface area contributed by atoms with Crippen molar-refractivity contribution >= 4 is 11.8 Å². The predicted octanol–water partition coefficient (Wildman–Crippen LogP) is 2.88. The predicted molar refractivity (Wildman–Crippen MR) is 86.1 cm³/mol. The van der Waals surface area contributed by atoms with Gasteiger partial charge in [0.25, 0.3) is 0 Å². The summed E-state index contributed by atoms with van der Waals surface area (Å²) in [6, 6.07) is 10.2. The van der Waals surface area contributed by atoms with Crippen molar-refractivity contribution in [1.29, 1.82) is 0 Å². The molecule has 1 atom stereocenters. The highest BCUT2D eigenvalue weighted by Crippen LogP contribution is 2.10. The Morgan fingerprint density at radius 2 is 1.96 bits per heavy atom. The van der Waals surface area contributed by atoms with E-state index in [1.807, 2.05) is 25.1 Å². The van der Waals surface area contributed by atoms with E-state index in [0.29, 0.717) is 24.5 Å². The zero-order valence-corrected chi connectivity index (χ0v) is 13.4. The molecular formula is C18H21NO4. The van der Waals surface area contributed by atoms with Gasteiger partial charge in [0.05, 0.1) is 31.9 Å². The first-order valence-electron chi connectivity index (χ1n) is 7.62. The number of benzene rings is 1. The van der Waals surface area contributed by atoms with Gasteiger partial charge in [0, 0.05) is 5.56 Å². The molecule has 122 valence electrons. The molecule has 0 fully saturated rings. The molecule has 0 saturated carbocycles. The Bertz CT molecular complexity index is 632. The fourth-order valence-electron chi connectivity index (χ4n) is 2.20. The van der Waals surface area contributed by atoms with E-state index in [1.54, 1.807) is 31.4 Å². The zero-order valence-electron chi connectivity index (χ0n) is 13.4. The van der Waals surface area contributed by atoms with Gasteiger partial charge in [-0.05, 0) is 26.0 Å². The summed E-state index contributed by atoms with van der Waals surface area (Å²) in [5.74, 6) is 0.171. The van der Waals surface area contributed by atoms with Gasteiger partial charge in [-0.25, -0.2) is 0 Å². The number of rotatable bonds is 8. The van der Waals surface area contributed by atoms with Crippen molar-refractivity contribution in [1.82, 2.24) is 5.32 Å². The quantitative estimate of drug-likeness (QED) is 0.599. The number of esters is 1. The van der Waals surface area contributed by atoms with Crippen LogP contribution < -0.4 is 5.32 Å². The monoisotopic (exact) mass is 315 g/mol. The van der Waals surface area contributed by atoms with Crippen LogP contribution in [0.2, 0.25) is 0 Å². The molecule has 1 unspecified atom stereocenters. The molecule has 0 bridgehead atoms. The average Bonchev–Trinajstić information content (AvgIpc) is 3.05. The van der Waals surface area contributed by atoms with E-state index in [4.69, 9.17) is 9.15 Å². The fourth-order valence-corrected chi connectivity index (χ4v) is 2.20. The first kappa shape index (κ1) is 17.0. The molecule has 0 aliphatic carbocycles. The minimum absolute atomic E-state index is 0.0126. The lowest BCUT2D eigenvalue weighted by molar-refractivity contribution is -0.143. The number of Topliss-reactive ketones (excluding diaryl/α,β-unsaturated/α-hetero) is 1. The Labute approximate surface area is 135 Å². The highest BCUT2D eigenvalue weighted by Gasteiger charge is 2.23. The van der Waals surface area contributed by atoms with Gasteiger partial charge in [-0.3, -0.25) is 14.9 Å². The molecule has 5 heteroatoms. The Morgan fingerprint density at radius 1 is 1.22 bits per heavy atom. The third-order valence-corrected chi connectivity index (χ3v) is 3.43. The first-order chi connectivity index (χ1) is 11.1. The maximum atomic E-state index is 12.7. The minimum Gasteiger partial charge on any atom is -0.468 e. The number of aryl methyl sites for hydroxylation is 1. The molecule has 0 saturated heterocycles. The number of hydrogen-bond donors (Lipinski definition) is 1. The van der Waals surface area contributed by atoms with Gasteiger partial charge in [-0.2, -0.15) is 0 Å². The molecule has 23 heavy (non-hydrogen) atoms. The molecule has 1 aromatic carbocycles. The van der Waals surface area contributed by atoms with E-state index in [9.17, 15) is 9.59 Å². The van der Waals surface area contributed by atoms with Gasteiger partial charge >= 0.3 is 5.97 Å². The molecular weight excluding hydrogens is 294 g/mol. The van der Waals surface area contributed by atoms with Crippen LogP contribution in [0.4, 0.5) is 0 Å². The summed E-state index contributed by atoms with van der Waals surface area (Å²) in [5, 5.41) is 3.08. The Kier molecular flexibility index (Phi) is 6.11. The van der Waals surface area contributed by atoms with E-state index in [2.05, 4.69) is 5.32 Å². The van der Waals surface area contributed by atoms with Crippen LogP contribution >= 0.6 is 0 Å². The Morgan fingerprint density at radius 3 is 2.57 bits per heavy atom. The maximum Gasteiger partial charge on any atom is 0.307 e. The zero-order chi connectivity index (χ0) is 16.7. The lowest BCUT2D eigenvalue weighted by Gasteiger charge is -2.16. The van der Waals surface area contributed by atoms with Crippen molar-refractivity contribution in [3.63, 3.8) is 0 Å². The first-order valence-corrected chi connectivity index (χ1v) is 7.62. The van der Waals surface area contributed by atoms with Crippen LogP contribution in [0.3, 0.4) is 0 Å². The molecule has 1 aromatic heterocycles. The molecule has 0 aliphatic heterocycles. The van der Waals surface area contributed by atoms with Crippen molar-refractivity contribution in [2.45, 2.75) is 32.9 Å². The highest BCUT2D eigenvalue weighted by atomic mass is 16.5. The van der Waals surface area contributed by atoms with E-state index in [0.717, 1.165) is 5.56 Å². The van der Waals surface area contributed by atoms with Gasteiger partial charge in [-0.1, -0.05) is 29.8 Å². The second kappa shape index (κ2) is 8.29. The number of nitrogens with one attached hydrogen (secondary N) is 1. The summed E-state index contributed by atoms with van der Waals surface area (Å²) in [6.45, 7) is 4.36. The molecule has 0 amide bonds. The van der Waals surface area contributed by atoms with Crippen LogP contribution in [0.1, 0.15) is 35.0 Å². The average molecular weight is 315 g/mol. The van der Waals surface area contributed by atoms with Crippen LogP contribution in [0.15, 0.2) is 47.1 Å². The molecule has 2 aromatic rings. The summed E-state index contributed by atoms with van der Waals surface area (Å²) in [4.78, 5) is 24.4. The van der Waals surface area contributed by atoms with Crippen LogP contribution in [-0.2, 0) is 16.1 Å². The smallest absolute Gasteiger partial charge is 0.307 e. The SMILES string of the molecule is CCOC(=O)CC(NCc1ccco1)C(=O)c1ccc(C)cc1. The Hall–Kier alpha value is -2.40. The number of hydrogen-bond acceptors (Lipinski definition) is 5. The fraction of sp³-hybridized carbons (Fsp3) is 0.333. The standard InChI is InChI=1S/C18H21NO4/c1-3-22-17(20)11-16(19-12-15-5-4-10-23-15)18(21)14-8-6-13(2)7-9-14/h4-10,16,19H,3,11-12H2,1-2H3. The molecule has 5 nitrogen and oxygen atoms in total. The normalized spacial score (nSPS) is 11.9. The molecule has 2 rings (SSSR count). The summed E-state index contributed by atoms with van der Waals surface area (Å²) in [7, 11) is 0. The van der Waals surface area contributed by atoms with E-state index < -0.39 is 12.0 Å². The third kappa shape index (κ3) is 5.07. The summed E-state index contributed by atoms with van der Waals surface area (Å²) in [5.41, 5.74) is 1.64. The van der Waals surface area contributed by atoms with Crippen molar-refractivity contribution in [3.05, 3.63) is 59.5 Å². The van der Waals surface area contributed by atoms with Crippen LogP contribution in [0.25, 0.3) is 0 Å². The van der Waals surface area contributed by atoms with Crippen molar-refractivity contribution in [2.24, 2.45) is 0 Å². The minimum atomic E-state index is -0.651. The number of furan rings is 1. The molecule has 0 radical (unpaired) electrons. The van der Waals surface area contributed by atoms with Gasteiger partial charge in [-0.15, -0.1) is 0 Å². The Balaban J connectivity index is 2.08. The van der Waals surface area contributed by atoms with Crippen molar-refractivity contribution < 1.29 is 18.7 Å². The highest BCUT2D eigenvalue weighted by molar-refractivity contribution is 6.01. The van der Waals surface area contributed by atoms with E-state index in [-0.39, 0.29) is 12.2 Å². The largest absolute Gasteiger partial charge is 0.468 e. The van der Waals surface area contributed by atoms with Gasteiger partial charge < -0.3 is 9.15 Å². The van der Waals surface area contributed by atoms with E-state index >= 15 is 0 Å². The summed E-state index contributed by atoms with van der Waals surface area (Å²) in [6.07, 6.45) is 1.56. The van der Waals surface area contributed by atoms with Crippen LogP contribution in [-0.4, -0.2) is 24.4 Å². The number of carbonyl (C=O) groups excluding carboxylic acids is 2. The number of ketones is 1.